The molecule has 0 aliphatic heterocycles. The van der Waals surface area contributed by atoms with E-state index in [1.165, 1.54) is 6.92 Å². The number of ether oxygens (including phenoxy) is 1. The number of nitrogens with one attached hydrogen (secondary N) is 2. The molecule has 0 spiro atoms. The molecule has 28 heavy (non-hydrogen) atoms. The van der Waals surface area contributed by atoms with Crippen LogP contribution in [0.3, 0.4) is 0 Å². The number of rotatable bonds is 6. The zero-order valence-electron chi connectivity index (χ0n) is 15.9. The number of anilines is 2. The Hall–Kier alpha value is -3.15. The fourth-order valence-corrected chi connectivity index (χ4v) is 3.69. The fourth-order valence-electron chi connectivity index (χ4n) is 3.69. The van der Waals surface area contributed by atoms with Crippen molar-refractivity contribution in [3.05, 3.63) is 60.2 Å². The van der Waals surface area contributed by atoms with Gasteiger partial charge in [-0.15, -0.1) is 0 Å². The second kappa shape index (κ2) is 8.69. The smallest absolute Gasteiger partial charge is 0.317 e. The van der Waals surface area contributed by atoms with Crippen molar-refractivity contribution >= 4 is 29.2 Å². The van der Waals surface area contributed by atoms with Gasteiger partial charge in [0, 0.05) is 18.3 Å². The molecule has 0 bridgehead atoms. The van der Waals surface area contributed by atoms with Crippen molar-refractivity contribution in [2.24, 2.45) is 0 Å². The number of hydrogen-bond donors (Lipinski definition) is 2. The summed E-state index contributed by atoms with van der Waals surface area (Å²) >= 11 is 0. The Bertz CT molecular complexity index is 858. The lowest BCUT2D eigenvalue weighted by atomic mass is 9.79. The Morgan fingerprint density at radius 2 is 1.57 bits per heavy atom. The zero-order chi connectivity index (χ0) is 20.0. The van der Waals surface area contributed by atoms with E-state index in [-0.39, 0.29) is 18.5 Å². The second-order valence-electron chi connectivity index (χ2n) is 7.04. The molecule has 0 unspecified atom stereocenters. The summed E-state index contributed by atoms with van der Waals surface area (Å²) in [4.78, 5) is 36.2. The van der Waals surface area contributed by atoms with E-state index >= 15 is 0 Å². The number of carbonyl (C=O) groups is 3. The molecule has 0 saturated heterocycles. The van der Waals surface area contributed by atoms with E-state index in [1.54, 1.807) is 24.3 Å². The Morgan fingerprint density at radius 3 is 2.21 bits per heavy atom. The molecule has 0 aromatic heterocycles. The third kappa shape index (κ3) is 4.57. The summed E-state index contributed by atoms with van der Waals surface area (Å²) < 4.78 is 5.39. The van der Waals surface area contributed by atoms with E-state index in [1.807, 2.05) is 30.3 Å². The van der Waals surface area contributed by atoms with E-state index < -0.39 is 11.3 Å². The van der Waals surface area contributed by atoms with Crippen molar-refractivity contribution in [2.45, 2.75) is 38.0 Å². The third-order valence-corrected chi connectivity index (χ3v) is 4.98. The van der Waals surface area contributed by atoms with E-state index in [9.17, 15) is 14.4 Å². The van der Waals surface area contributed by atoms with Crippen molar-refractivity contribution in [2.75, 3.05) is 17.2 Å². The monoisotopic (exact) mass is 380 g/mol. The number of amides is 2. The van der Waals surface area contributed by atoms with Gasteiger partial charge in [0.2, 0.25) is 5.91 Å². The third-order valence-electron chi connectivity index (χ3n) is 4.98. The summed E-state index contributed by atoms with van der Waals surface area (Å²) in [5.41, 5.74) is 1.38. The van der Waals surface area contributed by atoms with Gasteiger partial charge >= 0.3 is 5.97 Å². The van der Waals surface area contributed by atoms with Crippen LogP contribution in [0.4, 0.5) is 11.4 Å². The standard InChI is InChI=1S/C22H24N2O4/c1-16(25)23-18-10-7-11-19(14-18)24-20(26)15-28-21(27)22(12-5-6-13-22)17-8-3-2-4-9-17/h2-4,7-11,14H,5-6,12-13,15H2,1H3,(H,23,25)(H,24,26). The predicted molar refractivity (Wildman–Crippen MR) is 107 cm³/mol. The van der Waals surface area contributed by atoms with Gasteiger partial charge < -0.3 is 15.4 Å². The molecule has 1 fully saturated rings. The largest absolute Gasteiger partial charge is 0.455 e. The van der Waals surface area contributed by atoms with Crippen molar-refractivity contribution in [3.8, 4) is 0 Å². The Morgan fingerprint density at radius 1 is 0.929 bits per heavy atom. The molecule has 0 heterocycles. The minimum Gasteiger partial charge on any atom is -0.455 e. The SMILES string of the molecule is CC(=O)Nc1cccc(NC(=O)COC(=O)C2(c3ccccc3)CCCC2)c1. The molecule has 0 radical (unpaired) electrons. The van der Waals surface area contributed by atoms with Crippen LogP contribution in [0.15, 0.2) is 54.6 Å². The van der Waals surface area contributed by atoms with Gasteiger partial charge in [0.15, 0.2) is 6.61 Å². The molecule has 6 nitrogen and oxygen atoms in total. The summed E-state index contributed by atoms with van der Waals surface area (Å²) in [6, 6.07) is 16.4. The first-order valence-electron chi connectivity index (χ1n) is 9.40. The molecule has 1 aliphatic carbocycles. The highest BCUT2D eigenvalue weighted by Crippen LogP contribution is 2.42. The lowest BCUT2D eigenvalue weighted by Gasteiger charge is -2.27. The number of hydrogen-bond acceptors (Lipinski definition) is 4. The van der Waals surface area contributed by atoms with Gasteiger partial charge in [-0.3, -0.25) is 14.4 Å². The molecule has 3 rings (SSSR count). The normalized spacial score (nSPS) is 14.9. The minimum atomic E-state index is -0.660. The van der Waals surface area contributed by atoms with Crippen LogP contribution in [0, 0.1) is 0 Å². The highest BCUT2D eigenvalue weighted by atomic mass is 16.5. The van der Waals surface area contributed by atoms with Gasteiger partial charge in [0.05, 0.1) is 5.41 Å². The average Bonchev–Trinajstić information content (AvgIpc) is 3.18. The second-order valence-corrected chi connectivity index (χ2v) is 7.04. The first-order valence-corrected chi connectivity index (χ1v) is 9.40. The fraction of sp³-hybridized carbons (Fsp3) is 0.318. The molecule has 2 aromatic carbocycles. The molecular weight excluding hydrogens is 356 g/mol. The van der Waals surface area contributed by atoms with E-state index in [0.29, 0.717) is 11.4 Å². The Balaban J connectivity index is 1.61. The highest BCUT2D eigenvalue weighted by Gasteiger charge is 2.44. The van der Waals surface area contributed by atoms with Crippen LogP contribution in [0.25, 0.3) is 0 Å². The minimum absolute atomic E-state index is 0.194. The van der Waals surface area contributed by atoms with Crippen molar-refractivity contribution in [3.63, 3.8) is 0 Å². The zero-order valence-corrected chi connectivity index (χ0v) is 15.9. The van der Waals surface area contributed by atoms with Crippen LogP contribution in [0.2, 0.25) is 0 Å². The molecule has 146 valence electrons. The quantitative estimate of drug-likeness (QED) is 0.750. The van der Waals surface area contributed by atoms with Crippen LogP contribution < -0.4 is 10.6 Å². The van der Waals surface area contributed by atoms with Gasteiger partial charge in [-0.25, -0.2) is 0 Å². The first-order chi connectivity index (χ1) is 13.5. The predicted octanol–water partition coefficient (Wildman–Crippen LogP) is 3.64. The number of esters is 1. The number of carbonyl (C=O) groups excluding carboxylic acids is 3. The Kier molecular flexibility index (Phi) is 6.09. The molecular formula is C22H24N2O4. The van der Waals surface area contributed by atoms with Crippen LogP contribution >= 0.6 is 0 Å². The topological polar surface area (TPSA) is 84.5 Å². The molecule has 2 aromatic rings. The summed E-state index contributed by atoms with van der Waals surface area (Å²) in [6.07, 6.45) is 3.39. The van der Waals surface area contributed by atoms with Gasteiger partial charge in [-0.05, 0) is 36.6 Å². The van der Waals surface area contributed by atoms with E-state index in [4.69, 9.17) is 4.74 Å². The van der Waals surface area contributed by atoms with Crippen molar-refractivity contribution < 1.29 is 19.1 Å². The van der Waals surface area contributed by atoms with Crippen LogP contribution in [-0.4, -0.2) is 24.4 Å². The molecule has 2 amide bonds. The lowest BCUT2D eigenvalue weighted by Crippen LogP contribution is -2.36. The maximum absolute atomic E-state index is 12.9. The summed E-state index contributed by atoms with van der Waals surface area (Å²) in [5, 5.41) is 5.34. The maximum Gasteiger partial charge on any atom is 0.317 e. The maximum atomic E-state index is 12.9. The lowest BCUT2D eigenvalue weighted by molar-refractivity contribution is -0.153. The Labute approximate surface area is 164 Å². The summed E-state index contributed by atoms with van der Waals surface area (Å²) in [7, 11) is 0. The highest BCUT2D eigenvalue weighted by molar-refractivity contribution is 5.95. The van der Waals surface area contributed by atoms with Gasteiger partial charge in [0.25, 0.3) is 5.91 Å². The van der Waals surface area contributed by atoms with E-state index in [2.05, 4.69) is 10.6 Å². The van der Waals surface area contributed by atoms with Gasteiger partial charge in [-0.1, -0.05) is 49.2 Å². The molecule has 1 aliphatic rings. The van der Waals surface area contributed by atoms with Gasteiger partial charge in [0.1, 0.15) is 0 Å². The number of benzene rings is 2. The molecule has 1 saturated carbocycles. The summed E-state index contributed by atoms with van der Waals surface area (Å²) in [5.74, 6) is -0.965. The molecule has 0 atom stereocenters. The van der Waals surface area contributed by atoms with Crippen molar-refractivity contribution in [1.29, 1.82) is 0 Å². The summed E-state index contributed by atoms with van der Waals surface area (Å²) in [6.45, 7) is 1.06. The van der Waals surface area contributed by atoms with Crippen LogP contribution in [-0.2, 0) is 24.5 Å². The van der Waals surface area contributed by atoms with E-state index in [0.717, 1.165) is 31.2 Å². The molecule has 2 N–H and O–H groups in total. The average molecular weight is 380 g/mol. The van der Waals surface area contributed by atoms with Gasteiger partial charge in [-0.2, -0.15) is 0 Å². The van der Waals surface area contributed by atoms with Crippen LogP contribution in [0.1, 0.15) is 38.2 Å². The van der Waals surface area contributed by atoms with Crippen molar-refractivity contribution in [1.82, 2.24) is 0 Å². The molecule has 6 heteroatoms. The first kappa shape index (κ1) is 19.6. The van der Waals surface area contributed by atoms with Crippen LogP contribution in [0.5, 0.6) is 0 Å².